The molecule has 3 nitrogen and oxygen atoms in total. The van der Waals surface area contributed by atoms with Crippen LogP contribution in [0, 0.1) is 17.8 Å². The Kier molecular flexibility index (Phi) is 4.24. The van der Waals surface area contributed by atoms with Crippen LogP contribution in [0.1, 0.15) is 31.7 Å². The largest absolute Gasteiger partial charge is 0.326 e. The molecule has 1 aromatic carbocycles. The molecule has 0 unspecified atom stereocenters. The Bertz CT molecular complexity index is 496. The van der Waals surface area contributed by atoms with E-state index in [4.69, 9.17) is 6.42 Å². The van der Waals surface area contributed by atoms with E-state index in [9.17, 15) is 4.79 Å². The van der Waals surface area contributed by atoms with Gasteiger partial charge in [0.15, 0.2) is 0 Å². The summed E-state index contributed by atoms with van der Waals surface area (Å²) in [5.41, 5.74) is 1.33. The lowest BCUT2D eigenvalue weighted by atomic mass is 9.76. The first-order chi connectivity index (χ1) is 9.20. The zero-order chi connectivity index (χ0) is 13.7. The SMILES string of the molecule is C#Cc1cccc(NC(=O)C2(CC)CCNCC2)c1. The van der Waals surface area contributed by atoms with Gasteiger partial charge in [-0.3, -0.25) is 4.79 Å². The van der Waals surface area contributed by atoms with Gasteiger partial charge in [0.2, 0.25) is 5.91 Å². The highest BCUT2D eigenvalue weighted by molar-refractivity contribution is 5.95. The summed E-state index contributed by atoms with van der Waals surface area (Å²) in [6.07, 6.45) is 8.03. The number of piperidine rings is 1. The van der Waals surface area contributed by atoms with Crippen LogP contribution in [0.15, 0.2) is 24.3 Å². The van der Waals surface area contributed by atoms with Gasteiger partial charge < -0.3 is 10.6 Å². The Morgan fingerprint density at radius 2 is 2.21 bits per heavy atom. The standard InChI is InChI=1S/C16H20N2O/c1-3-13-6-5-7-14(12-13)18-15(19)16(4-2)8-10-17-11-9-16/h1,5-7,12,17H,4,8-11H2,2H3,(H,18,19). The van der Waals surface area contributed by atoms with Crippen LogP contribution < -0.4 is 10.6 Å². The van der Waals surface area contributed by atoms with E-state index in [0.717, 1.165) is 43.6 Å². The fraction of sp³-hybridized carbons (Fsp3) is 0.438. The third kappa shape index (κ3) is 2.97. The molecule has 19 heavy (non-hydrogen) atoms. The fourth-order valence-electron chi connectivity index (χ4n) is 2.60. The van der Waals surface area contributed by atoms with Gasteiger partial charge in [-0.2, -0.15) is 0 Å². The van der Waals surface area contributed by atoms with Crippen LogP contribution in [0.3, 0.4) is 0 Å². The Morgan fingerprint density at radius 3 is 2.84 bits per heavy atom. The van der Waals surface area contributed by atoms with Gasteiger partial charge in [0.1, 0.15) is 0 Å². The van der Waals surface area contributed by atoms with Crippen LogP contribution in [-0.2, 0) is 4.79 Å². The predicted molar refractivity (Wildman–Crippen MR) is 77.8 cm³/mol. The molecule has 3 heteroatoms. The van der Waals surface area contributed by atoms with Crippen molar-refractivity contribution in [2.75, 3.05) is 18.4 Å². The molecule has 0 bridgehead atoms. The smallest absolute Gasteiger partial charge is 0.230 e. The molecule has 1 aliphatic heterocycles. The van der Waals surface area contributed by atoms with Crippen molar-refractivity contribution in [3.8, 4) is 12.3 Å². The zero-order valence-electron chi connectivity index (χ0n) is 11.3. The lowest BCUT2D eigenvalue weighted by Crippen LogP contribution is -2.44. The summed E-state index contributed by atoms with van der Waals surface area (Å²) in [6, 6.07) is 7.44. The van der Waals surface area contributed by atoms with Crippen molar-refractivity contribution in [1.82, 2.24) is 5.32 Å². The van der Waals surface area contributed by atoms with E-state index in [0.29, 0.717) is 0 Å². The fourth-order valence-corrected chi connectivity index (χ4v) is 2.60. The van der Waals surface area contributed by atoms with Crippen LogP contribution in [0.4, 0.5) is 5.69 Å². The molecular formula is C16H20N2O. The van der Waals surface area contributed by atoms with Gasteiger partial charge in [0.25, 0.3) is 0 Å². The van der Waals surface area contributed by atoms with Gasteiger partial charge >= 0.3 is 0 Å². The monoisotopic (exact) mass is 256 g/mol. The number of carbonyl (C=O) groups is 1. The minimum absolute atomic E-state index is 0.116. The number of benzene rings is 1. The van der Waals surface area contributed by atoms with Crippen molar-refractivity contribution in [3.05, 3.63) is 29.8 Å². The molecule has 1 fully saturated rings. The average molecular weight is 256 g/mol. The maximum Gasteiger partial charge on any atom is 0.230 e. The molecule has 0 aliphatic carbocycles. The van der Waals surface area contributed by atoms with E-state index in [2.05, 4.69) is 23.5 Å². The molecule has 0 spiro atoms. The Hall–Kier alpha value is -1.79. The molecule has 0 radical (unpaired) electrons. The van der Waals surface area contributed by atoms with Gasteiger partial charge in [-0.1, -0.05) is 18.9 Å². The molecule has 1 heterocycles. The summed E-state index contributed by atoms with van der Waals surface area (Å²) in [4.78, 5) is 12.5. The Morgan fingerprint density at radius 1 is 1.47 bits per heavy atom. The van der Waals surface area contributed by atoms with Crippen molar-refractivity contribution in [2.24, 2.45) is 5.41 Å². The number of carbonyl (C=O) groups excluding carboxylic acids is 1. The van der Waals surface area contributed by atoms with E-state index in [1.54, 1.807) is 0 Å². The highest BCUT2D eigenvalue weighted by Crippen LogP contribution is 2.33. The van der Waals surface area contributed by atoms with E-state index in [-0.39, 0.29) is 11.3 Å². The summed E-state index contributed by atoms with van der Waals surface area (Å²) in [5, 5.41) is 6.32. The van der Waals surface area contributed by atoms with Gasteiger partial charge in [-0.05, 0) is 50.6 Å². The van der Waals surface area contributed by atoms with E-state index >= 15 is 0 Å². The van der Waals surface area contributed by atoms with Crippen LogP contribution in [0.25, 0.3) is 0 Å². The average Bonchev–Trinajstić information content (AvgIpc) is 2.48. The molecule has 100 valence electrons. The summed E-state index contributed by atoms with van der Waals surface area (Å²) in [6.45, 7) is 3.90. The normalized spacial score (nSPS) is 17.5. The minimum atomic E-state index is -0.239. The highest BCUT2D eigenvalue weighted by Gasteiger charge is 2.37. The third-order valence-corrected chi connectivity index (χ3v) is 4.01. The minimum Gasteiger partial charge on any atom is -0.326 e. The van der Waals surface area contributed by atoms with Gasteiger partial charge in [-0.15, -0.1) is 6.42 Å². The predicted octanol–water partition coefficient (Wildman–Crippen LogP) is 2.39. The molecular weight excluding hydrogens is 236 g/mol. The highest BCUT2D eigenvalue weighted by atomic mass is 16.2. The molecule has 0 saturated carbocycles. The molecule has 1 amide bonds. The van der Waals surface area contributed by atoms with Gasteiger partial charge in [0.05, 0.1) is 5.41 Å². The van der Waals surface area contributed by atoms with Crippen molar-refractivity contribution in [3.63, 3.8) is 0 Å². The van der Waals surface area contributed by atoms with Crippen molar-refractivity contribution < 1.29 is 4.79 Å². The number of anilines is 1. The quantitative estimate of drug-likeness (QED) is 0.815. The first-order valence-corrected chi connectivity index (χ1v) is 6.79. The number of rotatable bonds is 3. The second-order valence-corrected chi connectivity index (χ2v) is 5.06. The van der Waals surface area contributed by atoms with Crippen LogP contribution in [0.2, 0.25) is 0 Å². The molecule has 1 aromatic rings. The van der Waals surface area contributed by atoms with Gasteiger partial charge in [0, 0.05) is 11.3 Å². The molecule has 0 aromatic heterocycles. The zero-order valence-corrected chi connectivity index (χ0v) is 11.3. The summed E-state index contributed by atoms with van der Waals surface area (Å²) < 4.78 is 0. The summed E-state index contributed by atoms with van der Waals surface area (Å²) in [7, 11) is 0. The van der Waals surface area contributed by atoms with E-state index in [1.165, 1.54) is 0 Å². The second-order valence-electron chi connectivity index (χ2n) is 5.06. The second kappa shape index (κ2) is 5.90. The number of hydrogen-bond donors (Lipinski definition) is 2. The van der Waals surface area contributed by atoms with Crippen LogP contribution in [-0.4, -0.2) is 19.0 Å². The maximum absolute atomic E-state index is 12.5. The molecule has 0 atom stereocenters. The van der Waals surface area contributed by atoms with Gasteiger partial charge in [-0.25, -0.2) is 0 Å². The van der Waals surface area contributed by atoms with E-state index < -0.39 is 0 Å². The van der Waals surface area contributed by atoms with Crippen LogP contribution >= 0.6 is 0 Å². The van der Waals surface area contributed by atoms with Crippen LogP contribution in [0.5, 0.6) is 0 Å². The van der Waals surface area contributed by atoms with E-state index in [1.807, 2.05) is 24.3 Å². The lowest BCUT2D eigenvalue weighted by Gasteiger charge is -2.35. The topological polar surface area (TPSA) is 41.1 Å². The number of amides is 1. The van der Waals surface area contributed by atoms with Crippen molar-refractivity contribution in [1.29, 1.82) is 0 Å². The lowest BCUT2D eigenvalue weighted by molar-refractivity contribution is -0.127. The summed E-state index contributed by atoms with van der Waals surface area (Å²) in [5.74, 6) is 2.70. The maximum atomic E-state index is 12.5. The molecule has 2 N–H and O–H groups in total. The first kappa shape index (κ1) is 13.6. The molecule has 1 aliphatic rings. The number of hydrogen-bond acceptors (Lipinski definition) is 2. The first-order valence-electron chi connectivity index (χ1n) is 6.79. The Labute approximate surface area is 114 Å². The third-order valence-electron chi connectivity index (χ3n) is 4.01. The summed E-state index contributed by atoms with van der Waals surface area (Å²) >= 11 is 0. The van der Waals surface area contributed by atoms with Crippen molar-refractivity contribution in [2.45, 2.75) is 26.2 Å². The molecule has 2 rings (SSSR count). The number of terminal acetylenes is 1. The molecule has 1 saturated heterocycles. The van der Waals surface area contributed by atoms with Crippen molar-refractivity contribution >= 4 is 11.6 Å². The Balaban J connectivity index is 2.13. The number of nitrogens with one attached hydrogen (secondary N) is 2.